The molecular formula is C53H36O. The van der Waals surface area contributed by atoms with Crippen LogP contribution in [0.5, 0.6) is 0 Å². The molecule has 1 heterocycles. The van der Waals surface area contributed by atoms with Crippen molar-refractivity contribution in [1.82, 2.24) is 0 Å². The Morgan fingerprint density at radius 3 is 1.76 bits per heavy atom. The Morgan fingerprint density at radius 2 is 0.981 bits per heavy atom. The van der Waals surface area contributed by atoms with E-state index in [0.29, 0.717) is 0 Å². The molecule has 10 rings (SSSR count). The van der Waals surface area contributed by atoms with Crippen LogP contribution < -0.4 is 0 Å². The van der Waals surface area contributed by atoms with E-state index in [2.05, 4.69) is 196 Å². The van der Waals surface area contributed by atoms with Crippen molar-refractivity contribution in [2.24, 2.45) is 0 Å². The van der Waals surface area contributed by atoms with Gasteiger partial charge in [0.2, 0.25) is 0 Å². The molecule has 0 spiro atoms. The number of hydrogen-bond acceptors (Lipinski definition) is 1. The molecule has 0 amide bonds. The molecule has 0 N–H and O–H groups in total. The number of furan rings is 1. The molecule has 0 saturated carbocycles. The highest BCUT2D eigenvalue weighted by Crippen LogP contribution is 2.44. The minimum absolute atomic E-state index is 0.904. The first-order chi connectivity index (χ1) is 26.6. The van der Waals surface area contributed by atoms with Crippen LogP contribution in [-0.2, 0) is 0 Å². The van der Waals surface area contributed by atoms with Crippen molar-refractivity contribution in [3.8, 4) is 44.5 Å². The van der Waals surface area contributed by atoms with Gasteiger partial charge in [-0.25, -0.2) is 0 Å². The summed E-state index contributed by atoms with van der Waals surface area (Å²) in [5.41, 5.74) is 13.9. The van der Waals surface area contributed by atoms with Crippen molar-refractivity contribution in [3.05, 3.63) is 200 Å². The summed E-state index contributed by atoms with van der Waals surface area (Å²) in [6, 6.07) is 61.6. The number of hydrogen-bond donors (Lipinski definition) is 0. The van der Waals surface area contributed by atoms with E-state index in [1.807, 2.05) is 6.08 Å². The van der Waals surface area contributed by atoms with Crippen molar-refractivity contribution in [1.29, 1.82) is 0 Å². The van der Waals surface area contributed by atoms with E-state index in [4.69, 9.17) is 4.42 Å². The predicted octanol–water partition coefficient (Wildman–Crippen LogP) is 15.2. The van der Waals surface area contributed by atoms with Gasteiger partial charge in [-0.05, 0) is 131 Å². The van der Waals surface area contributed by atoms with Crippen LogP contribution in [0.1, 0.15) is 11.1 Å². The zero-order valence-corrected chi connectivity index (χ0v) is 30.0. The van der Waals surface area contributed by atoms with Gasteiger partial charge in [-0.1, -0.05) is 158 Å². The van der Waals surface area contributed by atoms with E-state index in [9.17, 15) is 0 Å². The molecule has 1 aromatic heterocycles. The first-order valence-corrected chi connectivity index (χ1v) is 18.5. The Bertz CT molecular complexity index is 3120. The molecule has 1 nitrogen and oxygen atoms in total. The Kier molecular flexibility index (Phi) is 7.59. The van der Waals surface area contributed by atoms with Crippen molar-refractivity contribution in [2.75, 3.05) is 0 Å². The standard InChI is InChI=1S/C53H36O/c1-3-4-18-45-34(2)52(44-17-11-16-39(30-44)43-27-28-50-48(32-43)49-31-40-14-7-8-15-41(40)33-51(49)54-50)46-19-9-10-20-47(46)53(45)37-24-21-36(22-25-37)42-26-23-35-12-5-6-13-38(35)29-42/h3-33H,1H2,2H3/b18-4-. The molecule has 0 fully saturated rings. The third kappa shape index (κ3) is 5.33. The largest absolute Gasteiger partial charge is 0.456 e. The lowest BCUT2D eigenvalue weighted by Crippen LogP contribution is -1.96. The Labute approximate surface area is 314 Å². The molecular weight excluding hydrogens is 653 g/mol. The second-order valence-corrected chi connectivity index (χ2v) is 14.2. The third-order valence-electron chi connectivity index (χ3n) is 11.0. The van der Waals surface area contributed by atoms with E-state index < -0.39 is 0 Å². The van der Waals surface area contributed by atoms with E-state index in [-0.39, 0.29) is 0 Å². The van der Waals surface area contributed by atoms with Crippen LogP contribution in [0.4, 0.5) is 0 Å². The first kappa shape index (κ1) is 31.7. The second-order valence-electron chi connectivity index (χ2n) is 14.2. The Morgan fingerprint density at radius 1 is 0.407 bits per heavy atom. The first-order valence-electron chi connectivity index (χ1n) is 18.5. The van der Waals surface area contributed by atoms with Gasteiger partial charge in [0.15, 0.2) is 0 Å². The van der Waals surface area contributed by atoms with E-state index >= 15 is 0 Å². The summed E-state index contributed by atoms with van der Waals surface area (Å²) in [7, 11) is 0. The molecule has 0 bridgehead atoms. The maximum Gasteiger partial charge on any atom is 0.136 e. The summed E-state index contributed by atoms with van der Waals surface area (Å²) < 4.78 is 6.33. The molecule has 54 heavy (non-hydrogen) atoms. The highest BCUT2D eigenvalue weighted by molar-refractivity contribution is 6.12. The van der Waals surface area contributed by atoms with Gasteiger partial charge < -0.3 is 4.42 Å². The Balaban J connectivity index is 1.10. The SMILES string of the molecule is C=C/C=C\c1c(C)c(-c2cccc(-c3ccc4oc5cc6ccccc6cc5c4c3)c2)c2ccccc2c1-c1ccc(-c2ccc3ccccc3c2)cc1. The molecule has 0 unspecified atom stereocenters. The van der Waals surface area contributed by atoms with E-state index in [1.54, 1.807) is 0 Å². The van der Waals surface area contributed by atoms with Gasteiger partial charge in [0.1, 0.15) is 11.2 Å². The summed E-state index contributed by atoms with van der Waals surface area (Å²) in [4.78, 5) is 0. The van der Waals surface area contributed by atoms with Crippen LogP contribution in [-0.4, -0.2) is 0 Å². The van der Waals surface area contributed by atoms with E-state index in [0.717, 1.165) is 27.5 Å². The quantitative estimate of drug-likeness (QED) is 0.159. The molecule has 254 valence electrons. The van der Waals surface area contributed by atoms with Crippen LogP contribution in [0.3, 0.4) is 0 Å². The second kappa shape index (κ2) is 12.9. The molecule has 0 aliphatic rings. The predicted molar refractivity (Wildman–Crippen MR) is 232 cm³/mol. The highest BCUT2D eigenvalue weighted by Gasteiger charge is 2.19. The monoisotopic (exact) mass is 688 g/mol. The maximum absolute atomic E-state index is 6.33. The molecule has 0 radical (unpaired) electrons. The lowest BCUT2D eigenvalue weighted by atomic mass is 9.83. The fourth-order valence-corrected chi connectivity index (χ4v) is 8.34. The molecule has 0 aliphatic carbocycles. The van der Waals surface area contributed by atoms with Crippen LogP contribution in [0, 0.1) is 6.92 Å². The molecule has 10 aromatic rings. The van der Waals surface area contributed by atoms with Gasteiger partial charge in [-0.3, -0.25) is 0 Å². The summed E-state index contributed by atoms with van der Waals surface area (Å²) >= 11 is 0. The fraction of sp³-hybridized carbons (Fsp3) is 0.0189. The minimum Gasteiger partial charge on any atom is -0.456 e. The summed E-state index contributed by atoms with van der Waals surface area (Å²) in [5, 5.41) is 9.64. The molecule has 9 aromatic carbocycles. The summed E-state index contributed by atoms with van der Waals surface area (Å²) in [6.45, 7) is 6.28. The summed E-state index contributed by atoms with van der Waals surface area (Å²) in [5.74, 6) is 0. The van der Waals surface area contributed by atoms with Crippen LogP contribution in [0.15, 0.2) is 193 Å². The van der Waals surface area contributed by atoms with Gasteiger partial charge in [-0.15, -0.1) is 0 Å². The molecule has 1 heteroatoms. The number of rotatable bonds is 6. The average Bonchev–Trinajstić information content (AvgIpc) is 3.58. The normalized spacial score (nSPS) is 11.8. The van der Waals surface area contributed by atoms with Gasteiger partial charge >= 0.3 is 0 Å². The molecule has 0 aliphatic heterocycles. The van der Waals surface area contributed by atoms with E-state index in [1.165, 1.54) is 82.4 Å². The lowest BCUT2D eigenvalue weighted by molar-refractivity contribution is 0.669. The van der Waals surface area contributed by atoms with Crippen LogP contribution >= 0.6 is 0 Å². The summed E-state index contributed by atoms with van der Waals surface area (Å²) in [6.07, 6.45) is 6.13. The van der Waals surface area contributed by atoms with Crippen molar-refractivity contribution >= 4 is 60.3 Å². The zero-order chi connectivity index (χ0) is 36.2. The zero-order valence-electron chi connectivity index (χ0n) is 30.0. The maximum atomic E-state index is 6.33. The Hall–Kier alpha value is -6.96. The van der Waals surface area contributed by atoms with Gasteiger partial charge in [0, 0.05) is 10.8 Å². The fourth-order valence-electron chi connectivity index (χ4n) is 8.34. The van der Waals surface area contributed by atoms with Crippen molar-refractivity contribution < 1.29 is 4.42 Å². The third-order valence-corrected chi connectivity index (χ3v) is 11.0. The molecule has 0 atom stereocenters. The van der Waals surface area contributed by atoms with Crippen molar-refractivity contribution in [2.45, 2.75) is 6.92 Å². The highest BCUT2D eigenvalue weighted by atomic mass is 16.3. The number of allylic oxidation sites excluding steroid dienone is 2. The van der Waals surface area contributed by atoms with Gasteiger partial charge in [0.25, 0.3) is 0 Å². The van der Waals surface area contributed by atoms with Crippen LogP contribution in [0.2, 0.25) is 0 Å². The van der Waals surface area contributed by atoms with Gasteiger partial charge in [0.05, 0.1) is 0 Å². The van der Waals surface area contributed by atoms with Crippen LogP contribution in [0.25, 0.3) is 105 Å². The minimum atomic E-state index is 0.904. The topological polar surface area (TPSA) is 13.1 Å². The smallest absolute Gasteiger partial charge is 0.136 e. The molecule has 0 saturated heterocycles. The lowest BCUT2D eigenvalue weighted by Gasteiger charge is -2.20. The number of benzene rings is 9. The number of fused-ring (bicyclic) bond motifs is 6. The average molecular weight is 689 g/mol. The van der Waals surface area contributed by atoms with Gasteiger partial charge in [-0.2, -0.15) is 0 Å². The van der Waals surface area contributed by atoms with Crippen molar-refractivity contribution in [3.63, 3.8) is 0 Å².